The van der Waals surface area contributed by atoms with Crippen LogP contribution >= 0.6 is 0 Å². The molecule has 0 aromatic heterocycles. The summed E-state index contributed by atoms with van der Waals surface area (Å²) in [6.45, 7) is 0. The first-order chi connectivity index (χ1) is 4.38. The molecule has 0 aromatic rings. The topological polar surface area (TPSA) is 17.1 Å². The molecule has 2 rings (SSSR count). The molecule has 9 heavy (non-hydrogen) atoms. The number of hydrogen-bond donors (Lipinski definition) is 0. The average molecular weight is 120 g/mol. The third-order valence-corrected chi connectivity index (χ3v) is 2.06. The molecule has 2 aliphatic rings. The van der Waals surface area contributed by atoms with Crippen LogP contribution in [-0.4, -0.2) is 5.78 Å². The Morgan fingerprint density at radius 3 is 2.67 bits per heavy atom. The highest BCUT2D eigenvalue weighted by atomic mass is 16.1. The number of Topliss-reactive ketones (excluding diaryl/α,β-unsaturated/α-hetero) is 1. The van der Waals surface area contributed by atoms with Crippen molar-refractivity contribution in [3.8, 4) is 0 Å². The molecule has 2 aliphatic carbocycles. The molecule has 0 radical (unpaired) electrons. The molecule has 1 saturated carbocycles. The Morgan fingerprint density at radius 1 is 1.33 bits per heavy atom. The third kappa shape index (κ3) is 0.576. The van der Waals surface area contributed by atoms with Crippen molar-refractivity contribution in [1.29, 1.82) is 0 Å². The summed E-state index contributed by atoms with van der Waals surface area (Å²) in [7, 11) is 0. The maximum Gasteiger partial charge on any atom is 0.140 e. The Labute approximate surface area is 54.1 Å². The summed E-state index contributed by atoms with van der Waals surface area (Å²) in [5.74, 6) is 1.19. The van der Waals surface area contributed by atoms with Gasteiger partial charge in [-0.15, -0.1) is 0 Å². The zero-order valence-electron chi connectivity index (χ0n) is 5.08. The van der Waals surface area contributed by atoms with Crippen molar-refractivity contribution in [2.75, 3.05) is 0 Å². The van der Waals surface area contributed by atoms with Crippen LogP contribution < -0.4 is 0 Å². The van der Waals surface area contributed by atoms with Gasteiger partial charge in [0.25, 0.3) is 0 Å². The van der Waals surface area contributed by atoms with Crippen LogP contribution in [0.5, 0.6) is 0 Å². The molecular weight excluding hydrogens is 112 g/mol. The molecule has 0 amide bonds. The number of carbonyl (C=O) groups is 1. The largest absolute Gasteiger partial charge is 0.299 e. The summed E-state index contributed by atoms with van der Waals surface area (Å²) in [5.41, 5.74) is 0. The van der Waals surface area contributed by atoms with Gasteiger partial charge in [0.2, 0.25) is 0 Å². The zero-order chi connectivity index (χ0) is 6.27. The van der Waals surface area contributed by atoms with Crippen molar-refractivity contribution in [1.82, 2.24) is 0 Å². The summed E-state index contributed by atoms with van der Waals surface area (Å²) in [5, 5.41) is 0. The van der Waals surface area contributed by atoms with E-state index in [1.807, 2.05) is 18.2 Å². The molecule has 0 spiro atoms. The molecule has 1 fully saturated rings. The van der Waals surface area contributed by atoms with Gasteiger partial charge in [0.1, 0.15) is 5.78 Å². The first-order valence-corrected chi connectivity index (χ1v) is 3.25. The second-order valence-corrected chi connectivity index (χ2v) is 2.63. The summed E-state index contributed by atoms with van der Waals surface area (Å²) in [4.78, 5) is 10.8. The fourth-order valence-electron chi connectivity index (χ4n) is 1.40. The molecule has 0 aliphatic heterocycles. The van der Waals surface area contributed by atoms with E-state index >= 15 is 0 Å². The van der Waals surface area contributed by atoms with Crippen LogP contribution in [0.1, 0.15) is 6.42 Å². The Bertz CT molecular complexity index is 201. The number of allylic oxidation sites excluding steroid dienone is 4. The van der Waals surface area contributed by atoms with Crippen LogP contribution in [0.2, 0.25) is 0 Å². The molecule has 0 saturated heterocycles. The molecule has 2 atom stereocenters. The second kappa shape index (κ2) is 1.56. The highest BCUT2D eigenvalue weighted by Gasteiger charge is 2.36. The maximum absolute atomic E-state index is 10.8. The maximum atomic E-state index is 10.8. The third-order valence-electron chi connectivity index (χ3n) is 2.06. The van der Waals surface area contributed by atoms with Gasteiger partial charge >= 0.3 is 0 Å². The monoisotopic (exact) mass is 120 g/mol. The number of carbonyl (C=O) groups excluding carboxylic acids is 1. The van der Waals surface area contributed by atoms with Gasteiger partial charge in [-0.1, -0.05) is 24.3 Å². The first-order valence-electron chi connectivity index (χ1n) is 3.25. The summed E-state index contributed by atoms with van der Waals surface area (Å²) in [6, 6.07) is 0. The van der Waals surface area contributed by atoms with Crippen molar-refractivity contribution < 1.29 is 4.79 Å². The molecule has 46 valence electrons. The SMILES string of the molecule is O=C1CC2C=CC=CC12. The Kier molecular flexibility index (Phi) is 0.865. The van der Waals surface area contributed by atoms with Gasteiger partial charge < -0.3 is 0 Å². The van der Waals surface area contributed by atoms with Crippen molar-refractivity contribution in [2.45, 2.75) is 6.42 Å². The van der Waals surface area contributed by atoms with E-state index in [1.165, 1.54) is 0 Å². The van der Waals surface area contributed by atoms with E-state index in [4.69, 9.17) is 0 Å². The van der Waals surface area contributed by atoms with E-state index in [0.717, 1.165) is 6.42 Å². The lowest BCUT2D eigenvalue weighted by molar-refractivity contribution is -0.129. The van der Waals surface area contributed by atoms with Gasteiger partial charge in [-0.05, 0) is 5.92 Å². The smallest absolute Gasteiger partial charge is 0.140 e. The van der Waals surface area contributed by atoms with E-state index < -0.39 is 0 Å². The van der Waals surface area contributed by atoms with Gasteiger partial charge in [0.05, 0.1) is 0 Å². The predicted octanol–water partition coefficient (Wildman–Crippen LogP) is 1.32. The Hall–Kier alpha value is -0.850. The van der Waals surface area contributed by atoms with Crippen molar-refractivity contribution in [2.24, 2.45) is 11.8 Å². The molecule has 0 aromatic carbocycles. The first kappa shape index (κ1) is 4.98. The standard InChI is InChI=1S/C8H8O/c9-8-5-6-3-1-2-4-7(6)8/h1-4,6-7H,5H2. The fraction of sp³-hybridized carbons (Fsp3) is 0.375. The van der Waals surface area contributed by atoms with Gasteiger partial charge in [-0.3, -0.25) is 4.79 Å². The molecule has 1 nitrogen and oxygen atoms in total. The van der Waals surface area contributed by atoms with Gasteiger partial charge in [0, 0.05) is 12.3 Å². The lowest BCUT2D eigenvalue weighted by atomic mass is 9.70. The van der Waals surface area contributed by atoms with Crippen LogP contribution in [0.25, 0.3) is 0 Å². The van der Waals surface area contributed by atoms with E-state index in [1.54, 1.807) is 0 Å². The summed E-state index contributed by atoms with van der Waals surface area (Å²) >= 11 is 0. The van der Waals surface area contributed by atoms with Crippen LogP contribution in [-0.2, 0) is 4.79 Å². The summed E-state index contributed by atoms with van der Waals surface area (Å²) < 4.78 is 0. The van der Waals surface area contributed by atoms with E-state index in [2.05, 4.69) is 6.08 Å². The van der Waals surface area contributed by atoms with Gasteiger partial charge in [-0.25, -0.2) is 0 Å². The minimum atomic E-state index is 0.245. The quantitative estimate of drug-likeness (QED) is 0.471. The Balaban J connectivity index is 2.23. The van der Waals surface area contributed by atoms with E-state index in [-0.39, 0.29) is 5.92 Å². The number of rotatable bonds is 0. The van der Waals surface area contributed by atoms with Crippen LogP contribution in [0.4, 0.5) is 0 Å². The number of hydrogen-bond acceptors (Lipinski definition) is 1. The number of ketones is 1. The molecule has 0 bridgehead atoms. The lowest BCUT2D eigenvalue weighted by Gasteiger charge is -2.31. The lowest BCUT2D eigenvalue weighted by Crippen LogP contribution is -2.35. The van der Waals surface area contributed by atoms with Crippen LogP contribution in [0.15, 0.2) is 24.3 Å². The van der Waals surface area contributed by atoms with Crippen LogP contribution in [0, 0.1) is 11.8 Å². The fourth-order valence-corrected chi connectivity index (χ4v) is 1.40. The number of fused-ring (bicyclic) bond motifs is 1. The predicted molar refractivity (Wildman–Crippen MR) is 34.9 cm³/mol. The van der Waals surface area contributed by atoms with E-state index in [9.17, 15) is 4.79 Å². The molecule has 2 unspecified atom stereocenters. The molecular formula is C8H8O. The second-order valence-electron chi connectivity index (χ2n) is 2.63. The Morgan fingerprint density at radius 2 is 2.11 bits per heavy atom. The molecule has 0 heterocycles. The normalized spacial score (nSPS) is 38.0. The van der Waals surface area contributed by atoms with Crippen LogP contribution in [0.3, 0.4) is 0 Å². The van der Waals surface area contributed by atoms with Gasteiger partial charge in [-0.2, -0.15) is 0 Å². The average Bonchev–Trinajstić information content (AvgIpc) is 1.86. The highest BCUT2D eigenvalue weighted by Crippen LogP contribution is 2.34. The minimum Gasteiger partial charge on any atom is -0.299 e. The van der Waals surface area contributed by atoms with Gasteiger partial charge in [0.15, 0.2) is 0 Å². The minimum absolute atomic E-state index is 0.245. The summed E-state index contributed by atoms with van der Waals surface area (Å²) in [6.07, 6.45) is 8.86. The molecule has 0 N–H and O–H groups in total. The van der Waals surface area contributed by atoms with Crippen molar-refractivity contribution >= 4 is 5.78 Å². The van der Waals surface area contributed by atoms with Crippen molar-refractivity contribution in [3.63, 3.8) is 0 Å². The highest BCUT2D eigenvalue weighted by molar-refractivity contribution is 5.90. The van der Waals surface area contributed by atoms with E-state index in [0.29, 0.717) is 11.7 Å². The molecule has 1 heteroatoms. The zero-order valence-corrected chi connectivity index (χ0v) is 5.08. The van der Waals surface area contributed by atoms with Crippen molar-refractivity contribution in [3.05, 3.63) is 24.3 Å².